The molecule has 2 fully saturated rings. The number of hydrogen-bond donors (Lipinski definition) is 1. The van der Waals surface area contributed by atoms with E-state index in [0.29, 0.717) is 24.5 Å². The molecular formula is C24H31N3O4S. The average Bonchev–Trinajstić information content (AvgIpc) is 2.82. The highest BCUT2D eigenvalue weighted by Gasteiger charge is 2.27. The number of aromatic nitrogens is 1. The van der Waals surface area contributed by atoms with Crippen LogP contribution in [0, 0.1) is 6.92 Å². The number of ether oxygens (including phenoxy) is 1. The number of aryl methyl sites for hydroxylation is 1. The predicted octanol–water partition coefficient (Wildman–Crippen LogP) is 3.68. The molecule has 1 aromatic carbocycles. The van der Waals surface area contributed by atoms with Gasteiger partial charge in [0, 0.05) is 37.0 Å². The van der Waals surface area contributed by atoms with Crippen LogP contribution in [-0.2, 0) is 10.0 Å². The molecule has 1 aliphatic carbocycles. The highest BCUT2D eigenvalue weighted by atomic mass is 32.2. The molecule has 0 radical (unpaired) electrons. The van der Waals surface area contributed by atoms with Crippen LogP contribution >= 0.6 is 0 Å². The van der Waals surface area contributed by atoms with Crippen molar-refractivity contribution >= 4 is 15.9 Å². The minimum Gasteiger partial charge on any atom is -0.474 e. The van der Waals surface area contributed by atoms with E-state index in [-0.39, 0.29) is 22.9 Å². The van der Waals surface area contributed by atoms with E-state index < -0.39 is 10.0 Å². The van der Waals surface area contributed by atoms with E-state index in [0.717, 1.165) is 50.5 Å². The molecule has 1 saturated carbocycles. The lowest BCUT2D eigenvalue weighted by Gasteiger charge is -2.29. The van der Waals surface area contributed by atoms with Gasteiger partial charge in [0.25, 0.3) is 5.91 Å². The minimum atomic E-state index is -3.48. The van der Waals surface area contributed by atoms with E-state index in [1.165, 1.54) is 16.4 Å². The summed E-state index contributed by atoms with van der Waals surface area (Å²) in [6.45, 7) is 3.12. The van der Waals surface area contributed by atoms with Gasteiger partial charge in [0.15, 0.2) is 0 Å². The summed E-state index contributed by atoms with van der Waals surface area (Å²) < 4.78 is 33.0. The predicted molar refractivity (Wildman–Crippen MR) is 122 cm³/mol. The molecule has 0 unspecified atom stereocenters. The zero-order valence-corrected chi connectivity index (χ0v) is 19.3. The van der Waals surface area contributed by atoms with E-state index in [9.17, 15) is 13.2 Å². The molecule has 1 saturated heterocycles. The molecule has 2 aromatic rings. The summed E-state index contributed by atoms with van der Waals surface area (Å²) in [5.74, 6) is 0.471. The monoisotopic (exact) mass is 457 g/mol. The SMILES string of the molecule is Cc1ccc(OC2CCC(NC(=O)c3ccc(S(=O)(=O)N4CCCCC4)cc3)CC2)nc1. The third-order valence-electron chi connectivity index (χ3n) is 6.25. The third kappa shape index (κ3) is 5.48. The Balaban J connectivity index is 1.28. The fourth-order valence-corrected chi connectivity index (χ4v) is 5.84. The molecule has 1 aliphatic heterocycles. The Labute approximate surface area is 190 Å². The molecule has 1 N–H and O–H groups in total. The Morgan fingerprint density at radius 1 is 1.00 bits per heavy atom. The van der Waals surface area contributed by atoms with Crippen LogP contribution in [0.3, 0.4) is 0 Å². The number of nitrogens with one attached hydrogen (secondary N) is 1. The topological polar surface area (TPSA) is 88.6 Å². The molecule has 1 amide bonds. The Morgan fingerprint density at radius 2 is 1.69 bits per heavy atom. The van der Waals surface area contributed by atoms with E-state index in [1.54, 1.807) is 18.3 Å². The van der Waals surface area contributed by atoms with Gasteiger partial charge < -0.3 is 10.1 Å². The Hall–Kier alpha value is -2.45. The van der Waals surface area contributed by atoms with Gasteiger partial charge in [-0.15, -0.1) is 0 Å². The molecule has 0 bridgehead atoms. The summed E-state index contributed by atoms with van der Waals surface area (Å²) >= 11 is 0. The van der Waals surface area contributed by atoms with E-state index in [2.05, 4.69) is 10.3 Å². The van der Waals surface area contributed by atoms with Gasteiger partial charge in [-0.25, -0.2) is 13.4 Å². The van der Waals surface area contributed by atoms with Gasteiger partial charge >= 0.3 is 0 Å². The summed E-state index contributed by atoms with van der Waals surface area (Å²) in [6.07, 6.45) is 8.15. The van der Waals surface area contributed by atoms with Crippen molar-refractivity contribution in [2.45, 2.75) is 68.9 Å². The molecular weight excluding hydrogens is 426 g/mol. The second-order valence-corrected chi connectivity index (χ2v) is 10.7. The smallest absolute Gasteiger partial charge is 0.251 e. The third-order valence-corrected chi connectivity index (χ3v) is 8.16. The molecule has 2 heterocycles. The highest BCUT2D eigenvalue weighted by molar-refractivity contribution is 7.89. The first-order valence-corrected chi connectivity index (χ1v) is 12.9. The summed E-state index contributed by atoms with van der Waals surface area (Å²) in [5, 5.41) is 3.08. The first-order valence-electron chi connectivity index (χ1n) is 11.4. The maximum atomic E-state index is 12.8. The molecule has 32 heavy (non-hydrogen) atoms. The van der Waals surface area contributed by atoms with Crippen LogP contribution in [0.25, 0.3) is 0 Å². The lowest BCUT2D eigenvalue weighted by Crippen LogP contribution is -2.39. The van der Waals surface area contributed by atoms with E-state index in [4.69, 9.17) is 4.74 Å². The van der Waals surface area contributed by atoms with Crippen LogP contribution in [0.4, 0.5) is 0 Å². The van der Waals surface area contributed by atoms with Crippen molar-refractivity contribution in [2.24, 2.45) is 0 Å². The maximum Gasteiger partial charge on any atom is 0.251 e. The number of piperidine rings is 1. The van der Waals surface area contributed by atoms with Crippen molar-refractivity contribution in [3.05, 3.63) is 53.7 Å². The van der Waals surface area contributed by atoms with Crippen molar-refractivity contribution in [3.8, 4) is 5.88 Å². The van der Waals surface area contributed by atoms with Gasteiger partial charge in [0.1, 0.15) is 6.10 Å². The molecule has 0 atom stereocenters. The van der Waals surface area contributed by atoms with Crippen LogP contribution in [-0.4, -0.2) is 48.8 Å². The van der Waals surface area contributed by atoms with Gasteiger partial charge in [0.05, 0.1) is 4.90 Å². The molecule has 172 valence electrons. The summed E-state index contributed by atoms with van der Waals surface area (Å²) in [4.78, 5) is 17.2. The number of amides is 1. The zero-order chi connectivity index (χ0) is 22.6. The van der Waals surface area contributed by atoms with E-state index >= 15 is 0 Å². The number of hydrogen-bond acceptors (Lipinski definition) is 5. The molecule has 8 heteroatoms. The summed E-state index contributed by atoms with van der Waals surface area (Å²) in [7, 11) is -3.48. The first-order chi connectivity index (χ1) is 15.4. The second kappa shape index (κ2) is 10.0. The van der Waals surface area contributed by atoms with Gasteiger partial charge in [-0.1, -0.05) is 12.5 Å². The lowest BCUT2D eigenvalue weighted by molar-refractivity contribution is 0.0890. The van der Waals surface area contributed by atoms with Crippen LogP contribution in [0.5, 0.6) is 5.88 Å². The summed E-state index contributed by atoms with van der Waals surface area (Å²) in [6, 6.07) is 10.2. The van der Waals surface area contributed by atoms with Gasteiger partial charge in [-0.2, -0.15) is 4.31 Å². The Bertz CT molecular complexity index is 1010. The quantitative estimate of drug-likeness (QED) is 0.715. The fraction of sp³-hybridized carbons (Fsp3) is 0.500. The van der Waals surface area contributed by atoms with Crippen molar-refractivity contribution in [1.29, 1.82) is 0 Å². The maximum absolute atomic E-state index is 12.8. The molecule has 2 aliphatic rings. The number of nitrogens with zero attached hydrogens (tertiary/aromatic N) is 2. The molecule has 4 rings (SSSR count). The fourth-order valence-electron chi connectivity index (χ4n) is 4.32. The largest absolute Gasteiger partial charge is 0.474 e. The van der Waals surface area contributed by atoms with Crippen LogP contribution in [0.2, 0.25) is 0 Å². The number of pyridine rings is 1. The van der Waals surface area contributed by atoms with Crippen molar-refractivity contribution in [3.63, 3.8) is 0 Å². The first kappa shape index (κ1) is 22.7. The average molecular weight is 458 g/mol. The van der Waals surface area contributed by atoms with E-state index in [1.807, 2.05) is 19.1 Å². The number of carbonyl (C=O) groups excluding carboxylic acids is 1. The van der Waals surface area contributed by atoms with Crippen molar-refractivity contribution in [1.82, 2.24) is 14.6 Å². The summed E-state index contributed by atoms with van der Waals surface area (Å²) in [5.41, 5.74) is 1.57. The van der Waals surface area contributed by atoms with Crippen LogP contribution in [0.1, 0.15) is 60.9 Å². The van der Waals surface area contributed by atoms with Crippen LogP contribution in [0.15, 0.2) is 47.5 Å². The Kier molecular flexibility index (Phi) is 7.10. The standard InChI is InChI=1S/C24H31N3O4S/c1-18-5-14-23(25-17-18)31-21-10-8-20(9-11-21)26-24(28)19-6-12-22(13-7-19)32(29,30)27-15-3-2-4-16-27/h5-7,12-14,17,20-21H,2-4,8-11,15-16H2,1H3,(H,26,28). The molecule has 0 spiro atoms. The number of benzene rings is 1. The zero-order valence-electron chi connectivity index (χ0n) is 18.5. The molecule has 1 aromatic heterocycles. The minimum absolute atomic E-state index is 0.0880. The van der Waals surface area contributed by atoms with Gasteiger partial charge in [-0.3, -0.25) is 4.79 Å². The van der Waals surface area contributed by atoms with Crippen LogP contribution < -0.4 is 10.1 Å². The highest BCUT2D eigenvalue weighted by Crippen LogP contribution is 2.24. The molecule has 7 nitrogen and oxygen atoms in total. The van der Waals surface area contributed by atoms with Crippen molar-refractivity contribution < 1.29 is 17.9 Å². The Morgan fingerprint density at radius 3 is 2.31 bits per heavy atom. The van der Waals surface area contributed by atoms with Gasteiger partial charge in [0.2, 0.25) is 15.9 Å². The number of carbonyl (C=O) groups is 1. The van der Waals surface area contributed by atoms with Crippen molar-refractivity contribution in [2.75, 3.05) is 13.1 Å². The number of sulfonamides is 1. The number of rotatable bonds is 6. The lowest BCUT2D eigenvalue weighted by atomic mass is 9.92. The van der Waals surface area contributed by atoms with Gasteiger partial charge in [-0.05, 0) is 75.3 Å². The second-order valence-electron chi connectivity index (χ2n) is 8.73. The normalized spacial score (nSPS) is 22.3.